The Bertz CT molecular complexity index is 221. The average Bonchev–Trinajstić information content (AvgIpc) is 2.25. The fourth-order valence-electron chi connectivity index (χ4n) is 3.24. The van der Waals surface area contributed by atoms with Gasteiger partial charge >= 0.3 is 0 Å². The molecule has 1 heterocycles. The average molecular weight is 238 g/mol. The van der Waals surface area contributed by atoms with E-state index >= 15 is 0 Å². The number of nitrogens with zero attached hydrogens (tertiary/aromatic N) is 1. The van der Waals surface area contributed by atoms with Gasteiger partial charge in [-0.3, -0.25) is 4.90 Å². The quantitative estimate of drug-likeness (QED) is 0.792. The zero-order valence-electron chi connectivity index (χ0n) is 11.9. The molecule has 17 heavy (non-hydrogen) atoms. The zero-order valence-corrected chi connectivity index (χ0v) is 11.9. The van der Waals surface area contributed by atoms with E-state index < -0.39 is 0 Å². The molecule has 1 saturated heterocycles. The second-order valence-electron chi connectivity index (χ2n) is 6.70. The van der Waals surface area contributed by atoms with E-state index in [4.69, 9.17) is 0 Å². The molecular weight excluding hydrogens is 208 g/mol. The SMILES string of the molecule is CC(C)CCNC1CCCN(C2CC(C)C2)C1. The second-order valence-corrected chi connectivity index (χ2v) is 6.70. The molecule has 2 rings (SSSR count). The van der Waals surface area contributed by atoms with E-state index in [1.54, 1.807) is 0 Å². The van der Waals surface area contributed by atoms with Crippen LogP contribution in [0.5, 0.6) is 0 Å². The van der Waals surface area contributed by atoms with Gasteiger partial charge in [-0.05, 0) is 57.0 Å². The molecule has 0 aromatic heterocycles. The van der Waals surface area contributed by atoms with Crippen LogP contribution in [0.4, 0.5) is 0 Å². The molecule has 1 aliphatic heterocycles. The predicted octanol–water partition coefficient (Wildman–Crippen LogP) is 2.89. The molecule has 1 atom stereocenters. The number of nitrogens with one attached hydrogen (secondary N) is 1. The fourth-order valence-corrected chi connectivity index (χ4v) is 3.24. The van der Waals surface area contributed by atoms with Crippen LogP contribution in [0.1, 0.15) is 52.9 Å². The Morgan fingerprint density at radius 1 is 1.29 bits per heavy atom. The highest BCUT2D eigenvalue weighted by Gasteiger charge is 2.33. The van der Waals surface area contributed by atoms with Gasteiger partial charge in [-0.15, -0.1) is 0 Å². The third kappa shape index (κ3) is 3.96. The minimum atomic E-state index is 0.762. The van der Waals surface area contributed by atoms with E-state index in [0.29, 0.717) is 0 Å². The molecule has 0 radical (unpaired) electrons. The first-order valence-electron chi connectivity index (χ1n) is 7.62. The summed E-state index contributed by atoms with van der Waals surface area (Å²) in [5.74, 6) is 1.81. The summed E-state index contributed by atoms with van der Waals surface area (Å²) in [7, 11) is 0. The lowest BCUT2D eigenvalue weighted by molar-refractivity contribution is 0.0565. The van der Waals surface area contributed by atoms with Gasteiger partial charge in [0.15, 0.2) is 0 Å². The van der Waals surface area contributed by atoms with Crippen LogP contribution in [-0.4, -0.2) is 36.6 Å². The molecular formula is C15H30N2. The van der Waals surface area contributed by atoms with Crippen molar-refractivity contribution >= 4 is 0 Å². The maximum absolute atomic E-state index is 3.76. The Morgan fingerprint density at radius 3 is 2.71 bits per heavy atom. The topological polar surface area (TPSA) is 15.3 Å². The Balaban J connectivity index is 1.66. The fraction of sp³-hybridized carbons (Fsp3) is 1.00. The van der Waals surface area contributed by atoms with Crippen LogP contribution in [0.25, 0.3) is 0 Å². The summed E-state index contributed by atoms with van der Waals surface area (Å²) in [5.41, 5.74) is 0. The van der Waals surface area contributed by atoms with E-state index in [2.05, 4.69) is 31.0 Å². The van der Waals surface area contributed by atoms with Gasteiger partial charge in [-0.25, -0.2) is 0 Å². The molecule has 1 N–H and O–H groups in total. The zero-order chi connectivity index (χ0) is 12.3. The first kappa shape index (κ1) is 13.4. The van der Waals surface area contributed by atoms with Crippen molar-refractivity contribution in [2.75, 3.05) is 19.6 Å². The summed E-state index contributed by atoms with van der Waals surface area (Å²) in [5, 5.41) is 3.76. The van der Waals surface area contributed by atoms with Gasteiger partial charge in [-0.2, -0.15) is 0 Å². The number of hydrogen-bond donors (Lipinski definition) is 1. The number of likely N-dealkylation sites (tertiary alicyclic amines) is 1. The van der Waals surface area contributed by atoms with Crippen molar-refractivity contribution in [3.63, 3.8) is 0 Å². The van der Waals surface area contributed by atoms with Crippen molar-refractivity contribution < 1.29 is 0 Å². The van der Waals surface area contributed by atoms with Crippen molar-refractivity contribution in [3.8, 4) is 0 Å². The van der Waals surface area contributed by atoms with Gasteiger partial charge in [0.2, 0.25) is 0 Å². The standard InChI is InChI=1S/C15H30N2/c1-12(2)6-7-16-14-5-4-8-17(11-14)15-9-13(3)10-15/h12-16H,4-11H2,1-3H3. The van der Waals surface area contributed by atoms with E-state index in [1.807, 2.05) is 0 Å². The molecule has 1 aliphatic carbocycles. The maximum Gasteiger partial charge on any atom is 0.0195 e. The third-order valence-corrected chi connectivity index (χ3v) is 4.47. The van der Waals surface area contributed by atoms with Crippen LogP contribution in [-0.2, 0) is 0 Å². The summed E-state index contributed by atoms with van der Waals surface area (Å²) >= 11 is 0. The summed E-state index contributed by atoms with van der Waals surface area (Å²) in [6, 6.07) is 1.68. The molecule has 100 valence electrons. The first-order chi connectivity index (χ1) is 8.15. The molecule has 0 amide bonds. The number of rotatable bonds is 5. The van der Waals surface area contributed by atoms with Crippen molar-refractivity contribution in [3.05, 3.63) is 0 Å². The van der Waals surface area contributed by atoms with Gasteiger partial charge in [0.05, 0.1) is 0 Å². The van der Waals surface area contributed by atoms with Gasteiger partial charge < -0.3 is 5.32 Å². The molecule has 1 saturated carbocycles. The van der Waals surface area contributed by atoms with E-state index in [0.717, 1.165) is 23.9 Å². The van der Waals surface area contributed by atoms with Crippen molar-refractivity contribution in [2.45, 2.75) is 65.0 Å². The molecule has 0 aromatic carbocycles. The van der Waals surface area contributed by atoms with Crippen molar-refractivity contribution in [1.29, 1.82) is 0 Å². The number of piperidine rings is 1. The summed E-state index contributed by atoms with van der Waals surface area (Å²) in [6.45, 7) is 10.9. The van der Waals surface area contributed by atoms with Crippen LogP contribution in [0, 0.1) is 11.8 Å². The Hall–Kier alpha value is -0.0800. The molecule has 0 bridgehead atoms. The largest absolute Gasteiger partial charge is 0.313 e. The molecule has 2 nitrogen and oxygen atoms in total. The lowest BCUT2D eigenvalue weighted by Gasteiger charge is -2.45. The van der Waals surface area contributed by atoms with E-state index in [-0.39, 0.29) is 0 Å². The second kappa shape index (κ2) is 6.19. The highest BCUT2D eigenvalue weighted by molar-refractivity contribution is 4.89. The lowest BCUT2D eigenvalue weighted by Crippen LogP contribution is -2.53. The monoisotopic (exact) mass is 238 g/mol. The predicted molar refractivity (Wildman–Crippen MR) is 74.2 cm³/mol. The van der Waals surface area contributed by atoms with Crippen LogP contribution >= 0.6 is 0 Å². The van der Waals surface area contributed by atoms with Crippen LogP contribution < -0.4 is 5.32 Å². The van der Waals surface area contributed by atoms with Crippen LogP contribution in [0.3, 0.4) is 0 Å². The summed E-state index contributed by atoms with van der Waals surface area (Å²) in [4.78, 5) is 2.75. The third-order valence-electron chi connectivity index (χ3n) is 4.47. The van der Waals surface area contributed by atoms with Gasteiger partial charge in [0.1, 0.15) is 0 Å². The van der Waals surface area contributed by atoms with E-state index in [9.17, 15) is 0 Å². The van der Waals surface area contributed by atoms with Crippen molar-refractivity contribution in [2.24, 2.45) is 11.8 Å². The molecule has 2 aliphatic rings. The first-order valence-corrected chi connectivity index (χ1v) is 7.62. The molecule has 0 aromatic rings. The normalized spacial score (nSPS) is 34.9. The molecule has 1 unspecified atom stereocenters. The lowest BCUT2D eigenvalue weighted by atomic mass is 9.80. The maximum atomic E-state index is 3.76. The minimum Gasteiger partial charge on any atom is -0.313 e. The Morgan fingerprint density at radius 2 is 2.06 bits per heavy atom. The van der Waals surface area contributed by atoms with Crippen molar-refractivity contribution in [1.82, 2.24) is 10.2 Å². The minimum absolute atomic E-state index is 0.762. The smallest absolute Gasteiger partial charge is 0.0195 e. The summed E-state index contributed by atoms with van der Waals surface area (Å²) in [6.07, 6.45) is 6.98. The van der Waals surface area contributed by atoms with Gasteiger partial charge in [0.25, 0.3) is 0 Å². The Kier molecular flexibility index (Phi) is 4.87. The van der Waals surface area contributed by atoms with Crippen LogP contribution in [0.15, 0.2) is 0 Å². The highest BCUT2D eigenvalue weighted by atomic mass is 15.2. The number of hydrogen-bond acceptors (Lipinski definition) is 2. The van der Waals surface area contributed by atoms with E-state index in [1.165, 1.54) is 51.7 Å². The summed E-state index contributed by atoms with van der Waals surface area (Å²) < 4.78 is 0. The van der Waals surface area contributed by atoms with Gasteiger partial charge in [-0.1, -0.05) is 20.8 Å². The Labute approximate surface area is 107 Å². The molecule has 2 fully saturated rings. The highest BCUT2D eigenvalue weighted by Crippen LogP contribution is 2.32. The molecule has 2 heteroatoms. The van der Waals surface area contributed by atoms with Gasteiger partial charge in [0, 0.05) is 18.6 Å². The van der Waals surface area contributed by atoms with Crippen LogP contribution in [0.2, 0.25) is 0 Å². The molecule has 0 spiro atoms.